The molecule has 0 heterocycles. The van der Waals surface area contributed by atoms with E-state index in [9.17, 15) is 9.59 Å². The van der Waals surface area contributed by atoms with Gasteiger partial charge in [0.15, 0.2) is 6.10 Å². The van der Waals surface area contributed by atoms with Gasteiger partial charge in [-0.05, 0) is 19.8 Å². The van der Waals surface area contributed by atoms with Crippen molar-refractivity contribution in [2.45, 2.75) is 33.8 Å². The molecule has 86 valence electrons. The van der Waals surface area contributed by atoms with Crippen molar-refractivity contribution in [3.8, 4) is 0 Å². The van der Waals surface area contributed by atoms with Gasteiger partial charge in [-0.15, -0.1) is 0 Å². The Hall–Kier alpha value is -1.32. The van der Waals surface area contributed by atoms with Gasteiger partial charge in [0.25, 0.3) is 0 Å². The molecule has 1 atom stereocenters. The van der Waals surface area contributed by atoms with E-state index < -0.39 is 18.0 Å². The Bertz CT molecular complexity index is 266. The van der Waals surface area contributed by atoms with Gasteiger partial charge >= 0.3 is 11.9 Å². The molecule has 0 unspecified atom stereocenters. The van der Waals surface area contributed by atoms with Gasteiger partial charge in [0.05, 0.1) is 7.11 Å². The molecule has 0 aromatic carbocycles. The van der Waals surface area contributed by atoms with Gasteiger partial charge in [0, 0.05) is 5.57 Å². The van der Waals surface area contributed by atoms with E-state index in [1.54, 1.807) is 13.0 Å². The van der Waals surface area contributed by atoms with Gasteiger partial charge in [-0.3, -0.25) is 0 Å². The summed E-state index contributed by atoms with van der Waals surface area (Å²) in [7, 11) is 1.25. The fraction of sp³-hybridized carbons (Fsp3) is 0.636. The van der Waals surface area contributed by atoms with Crippen LogP contribution in [0.3, 0.4) is 0 Å². The van der Waals surface area contributed by atoms with E-state index in [0.29, 0.717) is 5.57 Å². The van der Waals surface area contributed by atoms with Gasteiger partial charge in [-0.1, -0.05) is 19.9 Å². The molecule has 0 amide bonds. The summed E-state index contributed by atoms with van der Waals surface area (Å²) in [6, 6.07) is 0. The summed E-state index contributed by atoms with van der Waals surface area (Å²) in [6.45, 7) is 7.06. The molecule has 0 fully saturated rings. The molecule has 0 N–H and O–H groups in total. The summed E-state index contributed by atoms with van der Waals surface area (Å²) in [4.78, 5) is 22.4. The second-order valence-corrected chi connectivity index (χ2v) is 3.66. The Labute approximate surface area is 90.2 Å². The minimum Gasteiger partial charge on any atom is -0.466 e. The van der Waals surface area contributed by atoms with Gasteiger partial charge in [-0.2, -0.15) is 0 Å². The third kappa shape index (κ3) is 5.20. The predicted octanol–water partition coefficient (Wildman–Crippen LogP) is 1.69. The highest BCUT2D eigenvalue weighted by Gasteiger charge is 2.18. The molecule has 15 heavy (non-hydrogen) atoms. The second kappa shape index (κ2) is 6.22. The van der Waals surface area contributed by atoms with Crippen molar-refractivity contribution in [3.05, 3.63) is 11.6 Å². The summed E-state index contributed by atoms with van der Waals surface area (Å²) >= 11 is 0. The lowest BCUT2D eigenvalue weighted by atomic mass is 10.1. The molecule has 0 rings (SSSR count). The van der Waals surface area contributed by atoms with Crippen LogP contribution in [0.25, 0.3) is 0 Å². The number of esters is 2. The number of carbonyl (C=O) groups excluding carboxylic acids is 2. The van der Waals surface area contributed by atoms with Crippen LogP contribution in [-0.2, 0) is 19.1 Å². The number of rotatable bonds is 4. The highest BCUT2D eigenvalue weighted by Crippen LogP contribution is 2.06. The number of ether oxygens (including phenoxy) is 2. The van der Waals surface area contributed by atoms with Crippen LogP contribution in [0.15, 0.2) is 11.6 Å². The fourth-order valence-corrected chi connectivity index (χ4v) is 1.04. The molecule has 0 saturated heterocycles. The average molecular weight is 214 g/mol. The molecule has 0 aromatic heterocycles. The molecular weight excluding hydrogens is 196 g/mol. The van der Waals surface area contributed by atoms with Gasteiger partial charge in [0.1, 0.15) is 0 Å². The van der Waals surface area contributed by atoms with E-state index in [1.165, 1.54) is 14.0 Å². The van der Waals surface area contributed by atoms with Gasteiger partial charge in [-0.25, -0.2) is 9.59 Å². The van der Waals surface area contributed by atoms with Crippen LogP contribution in [0.2, 0.25) is 0 Å². The molecule has 0 spiro atoms. The SMILES string of the molecule is COC(=O)[C@H](C)OC(=O)/C(C)=C/C(C)C. The number of hydrogen-bond acceptors (Lipinski definition) is 4. The first kappa shape index (κ1) is 13.7. The summed E-state index contributed by atoms with van der Waals surface area (Å²) in [6.07, 6.45) is 0.921. The lowest BCUT2D eigenvalue weighted by Crippen LogP contribution is -2.25. The Morgan fingerprint density at radius 2 is 1.73 bits per heavy atom. The fourth-order valence-electron chi connectivity index (χ4n) is 1.04. The largest absolute Gasteiger partial charge is 0.466 e. The molecule has 0 aliphatic heterocycles. The Kier molecular flexibility index (Phi) is 5.67. The zero-order chi connectivity index (χ0) is 12.0. The maximum Gasteiger partial charge on any atom is 0.346 e. The molecule has 0 radical (unpaired) electrons. The molecule has 4 heteroatoms. The van der Waals surface area contributed by atoms with Crippen molar-refractivity contribution in [1.29, 1.82) is 0 Å². The van der Waals surface area contributed by atoms with Crippen LogP contribution in [-0.4, -0.2) is 25.2 Å². The summed E-state index contributed by atoms with van der Waals surface area (Å²) in [5.74, 6) is -0.770. The smallest absolute Gasteiger partial charge is 0.346 e. The second-order valence-electron chi connectivity index (χ2n) is 3.66. The number of carbonyl (C=O) groups is 2. The highest BCUT2D eigenvalue weighted by molar-refractivity contribution is 5.89. The first-order chi connectivity index (χ1) is 6.88. The quantitative estimate of drug-likeness (QED) is 0.528. The normalized spacial score (nSPS) is 13.6. The van der Waals surface area contributed by atoms with E-state index in [1.807, 2.05) is 13.8 Å². The predicted molar refractivity (Wildman–Crippen MR) is 56.2 cm³/mol. The number of allylic oxidation sites excluding steroid dienone is 1. The van der Waals surface area contributed by atoms with E-state index >= 15 is 0 Å². The van der Waals surface area contributed by atoms with Crippen molar-refractivity contribution < 1.29 is 19.1 Å². The Balaban J connectivity index is 4.31. The molecule has 0 aliphatic carbocycles. The van der Waals surface area contributed by atoms with Crippen LogP contribution >= 0.6 is 0 Å². The first-order valence-electron chi connectivity index (χ1n) is 4.85. The van der Waals surface area contributed by atoms with Crippen molar-refractivity contribution in [1.82, 2.24) is 0 Å². The van der Waals surface area contributed by atoms with E-state index in [-0.39, 0.29) is 5.92 Å². The van der Waals surface area contributed by atoms with Crippen LogP contribution in [0.5, 0.6) is 0 Å². The molecule has 0 aliphatic rings. The summed E-state index contributed by atoms with van der Waals surface area (Å²) in [5.41, 5.74) is 0.501. The Morgan fingerprint density at radius 1 is 1.20 bits per heavy atom. The lowest BCUT2D eigenvalue weighted by molar-refractivity contribution is -0.162. The first-order valence-corrected chi connectivity index (χ1v) is 4.85. The van der Waals surface area contributed by atoms with Crippen LogP contribution < -0.4 is 0 Å². The van der Waals surface area contributed by atoms with Crippen molar-refractivity contribution in [3.63, 3.8) is 0 Å². The third-order valence-corrected chi connectivity index (χ3v) is 1.72. The topological polar surface area (TPSA) is 52.6 Å². The minimum atomic E-state index is -0.863. The Morgan fingerprint density at radius 3 is 2.13 bits per heavy atom. The van der Waals surface area contributed by atoms with Gasteiger partial charge in [0.2, 0.25) is 0 Å². The lowest BCUT2D eigenvalue weighted by Gasteiger charge is -2.11. The average Bonchev–Trinajstić information content (AvgIpc) is 2.15. The monoisotopic (exact) mass is 214 g/mol. The zero-order valence-electron chi connectivity index (χ0n) is 9.87. The van der Waals surface area contributed by atoms with Crippen molar-refractivity contribution >= 4 is 11.9 Å². The van der Waals surface area contributed by atoms with Crippen molar-refractivity contribution in [2.75, 3.05) is 7.11 Å². The minimum absolute atomic E-state index is 0.269. The van der Waals surface area contributed by atoms with Crippen LogP contribution in [0.4, 0.5) is 0 Å². The molecular formula is C11H18O4. The highest BCUT2D eigenvalue weighted by atomic mass is 16.6. The summed E-state index contributed by atoms with van der Waals surface area (Å²) in [5, 5.41) is 0. The summed E-state index contributed by atoms with van der Waals surface area (Å²) < 4.78 is 9.32. The molecule has 0 aromatic rings. The number of methoxy groups -OCH3 is 1. The van der Waals surface area contributed by atoms with Crippen LogP contribution in [0.1, 0.15) is 27.7 Å². The van der Waals surface area contributed by atoms with E-state index in [2.05, 4.69) is 4.74 Å². The zero-order valence-corrected chi connectivity index (χ0v) is 9.87. The van der Waals surface area contributed by atoms with Gasteiger partial charge < -0.3 is 9.47 Å². The van der Waals surface area contributed by atoms with Crippen molar-refractivity contribution in [2.24, 2.45) is 5.92 Å². The maximum absolute atomic E-state index is 11.4. The van der Waals surface area contributed by atoms with E-state index in [4.69, 9.17) is 4.74 Å². The standard InChI is InChI=1S/C11H18O4/c1-7(2)6-8(3)10(12)15-9(4)11(13)14-5/h6-7,9H,1-5H3/b8-6+/t9-/m0/s1. The third-order valence-electron chi connectivity index (χ3n) is 1.72. The number of hydrogen-bond donors (Lipinski definition) is 0. The van der Waals surface area contributed by atoms with Crippen LogP contribution in [0, 0.1) is 5.92 Å². The molecule has 4 nitrogen and oxygen atoms in total. The molecule has 0 saturated carbocycles. The maximum atomic E-state index is 11.4. The van der Waals surface area contributed by atoms with E-state index in [0.717, 1.165) is 0 Å². The molecule has 0 bridgehead atoms.